The maximum atomic E-state index is 12.5. The summed E-state index contributed by atoms with van der Waals surface area (Å²) in [6.45, 7) is 5.33. The standard InChI is InChI=1S/C25H40N4O3/c1-32-15-11-24(31)29-12-5-8-21(18-29)22-16-23(30)27-25(26-22)20-9-13-28(14-10-20)17-19-6-3-2-4-7-19/h16,19-21H,2-15,17-18H2,1H3,(H,26,27,30)/t21-/m0/s1. The number of carbonyl (C=O) groups is 1. The minimum absolute atomic E-state index is 0.0579. The normalized spacial score (nSPS) is 24.0. The maximum Gasteiger partial charge on any atom is 0.251 e. The van der Waals surface area contributed by atoms with Crippen molar-refractivity contribution in [1.29, 1.82) is 0 Å². The molecule has 2 aliphatic heterocycles. The van der Waals surface area contributed by atoms with Crippen LogP contribution in [0.15, 0.2) is 10.9 Å². The highest BCUT2D eigenvalue weighted by atomic mass is 16.5. The maximum absolute atomic E-state index is 12.5. The molecule has 4 rings (SSSR count). The van der Waals surface area contributed by atoms with Gasteiger partial charge in [-0.1, -0.05) is 19.3 Å². The molecule has 0 radical (unpaired) electrons. The predicted octanol–water partition coefficient (Wildman–Crippen LogP) is 3.27. The number of carbonyl (C=O) groups excluding carboxylic acids is 1. The second-order valence-electron chi connectivity index (χ2n) is 10.1. The van der Waals surface area contributed by atoms with E-state index in [0.717, 1.165) is 62.8 Å². The van der Waals surface area contributed by atoms with Crippen LogP contribution in [0.2, 0.25) is 0 Å². The lowest BCUT2D eigenvalue weighted by Crippen LogP contribution is -2.40. The van der Waals surface area contributed by atoms with E-state index in [4.69, 9.17) is 9.72 Å². The first-order valence-electron chi connectivity index (χ1n) is 12.7. The van der Waals surface area contributed by atoms with Gasteiger partial charge in [-0.3, -0.25) is 9.59 Å². The molecule has 178 valence electrons. The van der Waals surface area contributed by atoms with Crippen LogP contribution in [0.1, 0.15) is 87.6 Å². The van der Waals surface area contributed by atoms with Crippen LogP contribution < -0.4 is 5.56 Å². The summed E-state index contributed by atoms with van der Waals surface area (Å²) in [6.07, 6.45) is 11.5. The number of likely N-dealkylation sites (tertiary alicyclic amines) is 2. The molecule has 1 atom stereocenters. The minimum Gasteiger partial charge on any atom is -0.384 e. The Kier molecular flexibility index (Phi) is 8.36. The Morgan fingerprint density at radius 3 is 2.59 bits per heavy atom. The zero-order chi connectivity index (χ0) is 22.3. The number of H-pyrrole nitrogens is 1. The van der Waals surface area contributed by atoms with Crippen molar-refractivity contribution in [3.8, 4) is 0 Å². The van der Waals surface area contributed by atoms with Crippen molar-refractivity contribution in [2.24, 2.45) is 5.92 Å². The number of nitrogens with one attached hydrogen (secondary N) is 1. The number of hydrogen-bond acceptors (Lipinski definition) is 5. The molecule has 1 aromatic rings. The first-order valence-corrected chi connectivity index (χ1v) is 12.7. The number of hydrogen-bond donors (Lipinski definition) is 1. The highest BCUT2D eigenvalue weighted by Crippen LogP contribution is 2.30. The van der Waals surface area contributed by atoms with E-state index < -0.39 is 0 Å². The van der Waals surface area contributed by atoms with Crippen LogP contribution in [0.4, 0.5) is 0 Å². The highest BCUT2D eigenvalue weighted by molar-refractivity contribution is 5.76. The van der Waals surface area contributed by atoms with Crippen LogP contribution in [-0.4, -0.2) is 72.1 Å². The van der Waals surface area contributed by atoms with Gasteiger partial charge in [-0.05, 0) is 57.5 Å². The molecule has 0 spiro atoms. The van der Waals surface area contributed by atoms with Gasteiger partial charge in [0.25, 0.3) is 5.56 Å². The van der Waals surface area contributed by atoms with Crippen molar-refractivity contribution in [3.05, 3.63) is 27.9 Å². The summed E-state index contributed by atoms with van der Waals surface area (Å²) < 4.78 is 5.05. The molecule has 3 heterocycles. The topological polar surface area (TPSA) is 78.5 Å². The van der Waals surface area contributed by atoms with Crippen LogP contribution in [0.5, 0.6) is 0 Å². The summed E-state index contributed by atoms with van der Waals surface area (Å²) in [6, 6.07) is 1.65. The predicted molar refractivity (Wildman–Crippen MR) is 125 cm³/mol. The minimum atomic E-state index is -0.0579. The smallest absolute Gasteiger partial charge is 0.251 e. The fourth-order valence-electron chi connectivity index (χ4n) is 5.81. The fourth-order valence-corrected chi connectivity index (χ4v) is 5.81. The van der Waals surface area contributed by atoms with E-state index in [1.807, 2.05) is 4.90 Å². The molecule has 1 saturated carbocycles. The molecule has 1 aliphatic carbocycles. The molecule has 2 saturated heterocycles. The van der Waals surface area contributed by atoms with Gasteiger partial charge in [-0.2, -0.15) is 0 Å². The Labute approximate surface area is 191 Å². The number of methoxy groups -OCH3 is 1. The van der Waals surface area contributed by atoms with Gasteiger partial charge in [-0.25, -0.2) is 4.98 Å². The first kappa shape index (κ1) is 23.4. The Balaban J connectivity index is 1.35. The molecule has 32 heavy (non-hydrogen) atoms. The molecule has 7 heteroatoms. The zero-order valence-electron chi connectivity index (χ0n) is 19.7. The van der Waals surface area contributed by atoms with Crippen LogP contribution >= 0.6 is 0 Å². The monoisotopic (exact) mass is 444 g/mol. The molecule has 0 unspecified atom stereocenters. The third-order valence-electron chi connectivity index (χ3n) is 7.71. The van der Waals surface area contributed by atoms with Gasteiger partial charge in [-0.15, -0.1) is 0 Å². The van der Waals surface area contributed by atoms with Crippen molar-refractivity contribution in [2.45, 2.75) is 76.0 Å². The van der Waals surface area contributed by atoms with Gasteiger partial charge in [0.2, 0.25) is 5.91 Å². The molecular formula is C25H40N4O3. The number of amides is 1. The van der Waals surface area contributed by atoms with Crippen LogP contribution in [0.25, 0.3) is 0 Å². The van der Waals surface area contributed by atoms with E-state index >= 15 is 0 Å². The van der Waals surface area contributed by atoms with E-state index in [9.17, 15) is 9.59 Å². The van der Waals surface area contributed by atoms with Gasteiger partial charge >= 0.3 is 0 Å². The summed E-state index contributed by atoms with van der Waals surface area (Å²) in [5.74, 6) is 2.33. The number of aromatic nitrogens is 2. The summed E-state index contributed by atoms with van der Waals surface area (Å²) in [4.78, 5) is 37.4. The van der Waals surface area contributed by atoms with E-state index in [-0.39, 0.29) is 17.4 Å². The Hall–Kier alpha value is -1.73. The molecule has 1 amide bonds. The molecular weight excluding hydrogens is 404 g/mol. The molecule has 7 nitrogen and oxygen atoms in total. The molecule has 3 fully saturated rings. The van der Waals surface area contributed by atoms with Gasteiger partial charge in [0.1, 0.15) is 5.82 Å². The Morgan fingerprint density at radius 1 is 1.06 bits per heavy atom. The second kappa shape index (κ2) is 11.4. The van der Waals surface area contributed by atoms with Gasteiger partial charge in [0.05, 0.1) is 18.7 Å². The first-order chi connectivity index (χ1) is 15.6. The summed E-state index contributed by atoms with van der Waals surface area (Å²) in [5.41, 5.74) is 0.801. The summed E-state index contributed by atoms with van der Waals surface area (Å²) >= 11 is 0. The third-order valence-corrected chi connectivity index (χ3v) is 7.71. The lowest BCUT2D eigenvalue weighted by Gasteiger charge is -2.35. The molecule has 0 bridgehead atoms. The quantitative estimate of drug-likeness (QED) is 0.698. The fraction of sp³-hybridized carbons (Fsp3) is 0.800. The van der Waals surface area contributed by atoms with Crippen LogP contribution in [0.3, 0.4) is 0 Å². The average molecular weight is 445 g/mol. The largest absolute Gasteiger partial charge is 0.384 e. The van der Waals surface area contributed by atoms with Crippen molar-refractivity contribution >= 4 is 5.91 Å². The molecule has 1 aromatic heterocycles. The van der Waals surface area contributed by atoms with Crippen molar-refractivity contribution in [2.75, 3.05) is 46.4 Å². The lowest BCUT2D eigenvalue weighted by atomic mass is 9.87. The summed E-state index contributed by atoms with van der Waals surface area (Å²) in [5, 5.41) is 0. The van der Waals surface area contributed by atoms with Crippen molar-refractivity contribution in [1.82, 2.24) is 19.8 Å². The highest BCUT2D eigenvalue weighted by Gasteiger charge is 2.28. The molecule has 3 aliphatic rings. The average Bonchev–Trinajstić information content (AvgIpc) is 2.83. The Bertz CT molecular complexity index is 797. The van der Waals surface area contributed by atoms with Gasteiger partial charge < -0.3 is 19.5 Å². The second-order valence-corrected chi connectivity index (χ2v) is 10.1. The van der Waals surface area contributed by atoms with Crippen molar-refractivity contribution < 1.29 is 9.53 Å². The Morgan fingerprint density at radius 2 is 1.84 bits per heavy atom. The lowest BCUT2D eigenvalue weighted by molar-refractivity contribution is -0.133. The molecule has 0 aromatic carbocycles. The van der Waals surface area contributed by atoms with E-state index in [2.05, 4.69) is 9.88 Å². The number of ether oxygens (including phenoxy) is 1. The summed E-state index contributed by atoms with van der Waals surface area (Å²) in [7, 11) is 1.62. The number of piperidine rings is 2. The van der Waals surface area contributed by atoms with Gasteiger partial charge in [0.15, 0.2) is 0 Å². The number of rotatable bonds is 7. The van der Waals surface area contributed by atoms with Crippen LogP contribution in [-0.2, 0) is 9.53 Å². The van der Waals surface area contributed by atoms with Crippen molar-refractivity contribution in [3.63, 3.8) is 0 Å². The molecule has 1 N–H and O–H groups in total. The van der Waals surface area contributed by atoms with Crippen LogP contribution in [0, 0.1) is 5.92 Å². The van der Waals surface area contributed by atoms with E-state index in [1.165, 1.54) is 38.6 Å². The van der Waals surface area contributed by atoms with E-state index in [1.54, 1.807) is 13.2 Å². The van der Waals surface area contributed by atoms with E-state index in [0.29, 0.717) is 25.5 Å². The zero-order valence-corrected chi connectivity index (χ0v) is 19.7. The van der Waals surface area contributed by atoms with Gasteiger partial charge in [0, 0.05) is 44.6 Å². The number of nitrogens with zero attached hydrogens (tertiary/aromatic N) is 3. The third kappa shape index (κ3) is 6.19. The number of aromatic amines is 1. The SMILES string of the molecule is COCCC(=O)N1CCC[C@H](c2cc(=O)[nH]c(C3CCN(CC4CCCCC4)CC3)n2)C1.